The van der Waals surface area contributed by atoms with Gasteiger partial charge in [-0.3, -0.25) is 9.55 Å². The molecule has 2 aromatic carbocycles. The van der Waals surface area contributed by atoms with Crippen LogP contribution in [0.3, 0.4) is 0 Å². The van der Waals surface area contributed by atoms with Crippen LogP contribution in [0.15, 0.2) is 73.3 Å². The number of pyridine rings is 1. The highest BCUT2D eigenvalue weighted by atomic mass is 32.1. The molecule has 3 aromatic heterocycles. The fraction of sp³-hybridized carbons (Fsp3) is 0.120. The molecule has 3 nitrogen and oxygen atoms in total. The monoisotopic (exact) mass is 395 g/mol. The molecule has 0 unspecified atom stereocenters. The number of aromatic nitrogens is 3. The summed E-state index contributed by atoms with van der Waals surface area (Å²) >= 11 is 1.80. The Kier molecular flexibility index (Phi) is 4.29. The largest absolute Gasteiger partial charge is 0.299 e. The van der Waals surface area contributed by atoms with Crippen molar-refractivity contribution >= 4 is 21.4 Å². The molecule has 0 spiro atoms. The average Bonchev–Trinajstić information content (AvgIpc) is 3.35. The summed E-state index contributed by atoms with van der Waals surface area (Å²) in [5, 5.41) is 1.23. The SMILES string of the molecule is Cc1cc(C)c(-n2ccnc2-c2cccc3cc(-c4cccnc4)sc23)c(C)c1. The molecule has 0 radical (unpaired) electrons. The smallest absolute Gasteiger partial charge is 0.145 e. The predicted molar refractivity (Wildman–Crippen MR) is 122 cm³/mol. The molecular formula is C25H21N3S. The number of nitrogens with zero attached hydrogens (tertiary/aromatic N) is 3. The van der Waals surface area contributed by atoms with Gasteiger partial charge in [0.05, 0.1) is 5.69 Å². The molecule has 0 fully saturated rings. The molecule has 29 heavy (non-hydrogen) atoms. The third-order valence-electron chi connectivity index (χ3n) is 5.25. The Labute approximate surface area is 174 Å². The molecule has 3 heterocycles. The van der Waals surface area contributed by atoms with Gasteiger partial charge < -0.3 is 0 Å². The minimum absolute atomic E-state index is 0.977. The van der Waals surface area contributed by atoms with Gasteiger partial charge in [-0.15, -0.1) is 11.3 Å². The van der Waals surface area contributed by atoms with Crippen LogP contribution in [0.25, 0.3) is 37.6 Å². The summed E-state index contributed by atoms with van der Waals surface area (Å²) in [5.41, 5.74) is 7.32. The van der Waals surface area contributed by atoms with Crippen molar-refractivity contribution in [1.82, 2.24) is 14.5 Å². The van der Waals surface area contributed by atoms with Gasteiger partial charge in [0.25, 0.3) is 0 Å². The van der Waals surface area contributed by atoms with Gasteiger partial charge in [0.2, 0.25) is 0 Å². The first-order valence-corrected chi connectivity index (χ1v) is 10.5. The van der Waals surface area contributed by atoms with Crippen molar-refractivity contribution < 1.29 is 0 Å². The Hall–Kier alpha value is -3.24. The van der Waals surface area contributed by atoms with Crippen LogP contribution >= 0.6 is 11.3 Å². The molecular weight excluding hydrogens is 374 g/mol. The second-order valence-corrected chi connectivity index (χ2v) is 8.50. The molecule has 0 aliphatic rings. The van der Waals surface area contributed by atoms with Gasteiger partial charge in [-0.1, -0.05) is 35.9 Å². The van der Waals surface area contributed by atoms with Gasteiger partial charge in [0.1, 0.15) is 5.82 Å². The number of benzene rings is 2. The zero-order chi connectivity index (χ0) is 20.0. The van der Waals surface area contributed by atoms with Crippen molar-refractivity contribution in [2.75, 3.05) is 0 Å². The van der Waals surface area contributed by atoms with E-state index in [9.17, 15) is 0 Å². The molecule has 5 rings (SSSR count). The van der Waals surface area contributed by atoms with E-state index >= 15 is 0 Å². The van der Waals surface area contributed by atoms with E-state index in [4.69, 9.17) is 4.98 Å². The second kappa shape index (κ2) is 6.98. The fourth-order valence-corrected chi connectivity index (χ4v) is 5.28. The number of hydrogen-bond acceptors (Lipinski definition) is 3. The molecule has 4 heteroatoms. The van der Waals surface area contributed by atoms with Gasteiger partial charge in [-0.25, -0.2) is 4.98 Å². The number of imidazole rings is 1. The minimum atomic E-state index is 0.977. The summed E-state index contributed by atoms with van der Waals surface area (Å²) in [5.74, 6) is 0.977. The predicted octanol–water partition coefficient (Wildman–Crippen LogP) is 6.74. The van der Waals surface area contributed by atoms with Crippen LogP contribution in [0.4, 0.5) is 0 Å². The average molecular weight is 396 g/mol. The minimum Gasteiger partial charge on any atom is -0.299 e. The fourth-order valence-electron chi connectivity index (χ4n) is 4.13. The number of thiophene rings is 1. The molecule has 142 valence electrons. The Morgan fingerprint density at radius 2 is 1.72 bits per heavy atom. The lowest BCUT2D eigenvalue weighted by atomic mass is 10.0. The van der Waals surface area contributed by atoms with Crippen molar-refractivity contribution in [3.05, 3.63) is 90.0 Å². The third-order valence-corrected chi connectivity index (χ3v) is 6.48. The van der Waals surface area contributed by atoms with E-state index in [-0.39, 0.29) is 0 Å². The van der Waals surface area contributed by atoms with E-state index in [0.717, 1.165) is 17.0 Å². The van der Waals surface area contributed by atoms with Gasteiger partial charge >= 0.3 is 0 Å². The molecule has 0 saturated carbocycles. The maximum absolute atomic E-state index is 4.76. The van der Waals surface area contributed by atoms with Gasteiger partial charge in [-0.05, 0) is 55.5 Å². The number of rotatable bonds is 3. The maximum Gasteiger partial charge on any atom is 0.145 e. The van der Waals surface area contributed by atoms with Gasteiger partial charge in [-0.2, -0.15) is 0 Å². The summed E-state index contributed by atoms with van der Waals surface area (Å²) in [4.78, 5) is 10.3. The van der Waals surface area contributed by atoms with E-state index in [1.165, 1.54) is 37.3 Å². The van der Waals surface area contributed by atoms with E-state index in [2.05, 4.69) is 79.0 Å². The van der Waals surface area contributed by atoms with Crippen LogP contribution in [-0.2, 0) is 0 Å². The first-order chi connectivity index (χ1) is 14.1. The first kappa shape index (κ1) is 17.8. The Bertz CT molecular complexity index is 1310. The zero-order valence-electron chi connectivity index (χ0n) is 16.7. The third kappa shape index (κ3) is 3.06. The lowest BCUT2D eigenvalue weighted by molar-refractivity contribution is 1.03. The van der Waals surface area contributed by atoms with Crippen molar-refractivity contribution in [1.29, 1.82) is 0 Å². The van der Waals surface area contributed by atoms with E-state index in [1.807, 2.05) is 24.7 Å². The molecule has 0 saturated heterocycles. The van der Waals surface area contributed by atoms with Crippen LogP contribution in [0.2, 0.25) is 0 Å². The lowest BCUT2D eigenvalue weighted by Gasteiger charge is -2.15. The van der Waals surface area contributed by atoms with Gasteiger partial charge in [0, 0.05) is 45.5 Å². The topological polar surface area (TPSA) is 30.7 Å². The van der Waals surface area contributed by atoms with Gasteiger partial charge in [0.15, 0.2) is 0 Å². The Morgan fingerprint density at radius 1 is 0.897 bits per heavy atom. The standard InChI is InChI=1S/C25H21N3S/c1-16-12-17(2)23(18(3)13-16)28-11-10-27-25(28)21-8-4-6-19-14-22(29-24(19)21)20-7-5-9-26-15-20/h4-15H,1-3H3. The van der Waals surface area contributed by atoms with Crippen molar-refractivity contribution in [2.45, 2.75) is 20.8 Å². The maximum atomic E-state index is 4.76. The summed E-state index contributed by atoms with van der Waals surface area (Å²) in [6, 6.07) is 17.3. The summed E-state index contributed by atoms with van der Waals surface area (Å²) in [7, 11) is 0. The van der Waals surface area contributed by atoms with Crippen LogP contribution in [0, 0.1) is 20.8 Å². The van der Waals surface area contributed by atoms with Crippen molar-refractivity contribution in [3.8, 4) is 27.5 Å². The highest BCUT2D eigenvalue weighted by Crippen LogP contribution is 2.39. The highest BCUT2D eigenvalue weighted by Gasteiger charge is 2.16. The van der Waals surface area contributed by atoms with E-state index in [0.29, 0.717) is 0 Å². The quantitative estimate of drug-likeness (QED) is 0.339. The highest BCUT2D eigenvalue weighted by molar-refractivity contribution is 7.22. The lowest BCUT2D eigenvalue weighted by Crippen LogP contribution is -2.02. The van der Waals surface area contributed by atoms with E-state index in [1.54, 1.807) is 11.3 Å². The van der Waals surface area contributed by atoms with E-state index < -0.39 is 0 Å². The summed E-state index contributed by atoms with van der Waals surface area (Å²) in [6.45, 7) is 6.49. The zero-order valence-corrected chi connectivity index (χ0v) is 17.5. The van der Waals surface area contributed by atoms with Crippen molar-refractivity contribution in [2.24, 2.45) is 0 Å². The molecule has 0 aliphatic carbocycles. The van der Waals surface area contributed by atoms with Crippen LogP contribution in [0.5, 0.6) is 0 Å². The molecule has 0 N–H and O–H groups in total. The molecule has 0 atom stereocenters. The number of aryl methyl sites for hydroxylation is 3. The second-order valence-electron chi connectivity index (χ2n) is 7.44. The summed E-state index contributed by atoms with van der Waals surface area (Å²) in [6.07, 6.45) is 7.69. The van der Waals surface area contributed by atoms with Crippen LogP contribution in [0.1, 0.15) is 16.7 Å². The number of fused-ring (bicyclic) bond motifs is 1. The molecule has 5 aromatic rings. The molecule has 0 amide bonds. The Balaban J connectivity index is 1.71. The first-order valence-electron chi connectivity index (χ1n) is 9.67. The summed E-state index contributed by atoms with van der Waals surface area (Å²) < 4.78 is 3.48. The van der Waals surface area contributed by atoms with Crippen LogP contribution < -0.4 is 0 Å². The molecule has 0 bridgehead atoms. The van der Waals surface area contributed by atoms with Crippen LogP contribution in [-0.4, -0.2) is 14.5 Å². The molecule has 0 aliphatic heterocycles. The number of hydrogen-bond donors (Lipinski definition) is 0. The van der Waals surface area contributed by atoms with Crippen molar-refractivity contribution in [3.63, 3.8) is 0 Å². The normalized spacial score (nSPS) is 11.3. The Morgan fingerprint density at radius 3 is 2.48 bits per heavy atom.